The molecule has 0 atom stereocenters. The fourth-order valence-corrected chi connectivity index (χ4v) is 4.98. The SMILES string of the molecule is CC(=O)C1(C(C)=C2CC2)CC1.Cc1ccc(F)cc1.[CH2-]/C=C(/Nc1ccc(C)cc1)c1[c-]cc(C(N)=O)c(CC(C)C)c1.[CH3-].[K+]. The van der Waals surface area contributed by atoms with E-state index in [1.54, 1.807) is 36.8 Å². The van der Waals surface area contributed by atoms with E-state index in [0.717, 1.165) is 47.3 Å². The van der Waals surface area contributed by atoms with E-state index in [-0.39, 0.29) is 70.0 Å². The molecule has 0 saturated heterocycles. The van der Waals surface area contributed by atoms with Gasteiger partial charge in [-0.2, -0.15) is 6.08 Å². The van der Waals surface area contributed by atoms with Crippen molar-refractivity contribution in [2.24, 2.45) is 17.1 Å². The van der Waals surface area contributed by atoms with Crippen molar-refractivity contribution in [1.82, 2.24) is 0 Å². The van der Waals surface area contributed by atoms with E-state index < -0.39 is 5.91 Å². The summed E-state index contributed by atoms with van der Waals surface area (Å²) >= 11 is 0. The van der Waals surface area contributed by atoms with Crippen LogP contribution >= 0.6 is 0 Å². The Balaban J connectivity index is 0.000000396. The summed E-state index contributed by atoms with van der Waals surface area (Å²) < 4.78 is 12.1. The number of carbonyl (C=O) groups excluding carboxylic acids is 2. The van der Waals surface area contributed by atoms with E-state index in [1.807, 2.05) is 37.3 Å². The van der Waals surface area contributed by atoms with Gasteiger partial charge in [-0.25, -0.2) is 11.3 Å². The van der Waals surface area contributed by atoms with Crippen molar-refractivity contribution in [3.63, 3.8) is 0 Å². The van der Waals surface area contributed by atoms with Gasteiger partial charge in [-0.15, -0.1) is 29.3 Å². The summed E-state index contributed by atoms with van der Waals surface area (Å²) in [6.45, 7) is 16.0. The van der Waals surface area contributed by atoms with Crippen molar-refractivity contribution in [3.05, 3.63) is 132 Å². The Morgan fingerprint density at radius 2 is 1.56 bits per heavy atom. The normalized spacial score (nSPS) is 13.9. The van der Waals surface area contributed by atoms with Crippen LogP contribution in [0.2, 0.25) is 0 Å². The van der Waals surface area contributed by atoms with E-state index in [1.165, 1.54) is 36.1 Å². The minimum atomic E-state index is -0.417. The molecule has 6 heteroatoms. The smallest absolute Gasteiger partial charge is 0.396 e. The van der Waals surface area contributed by atoms with E-state index >= 15 is 0 Å². The minimum Gasteiger partial charge on any atom is -0.396 e. The first-order valence-corrected chi connectivity index (χ1v) is 15.0. The van der Waals surface area contributed by atoms with Crippen molar-refractivity contribution in [2.75, 3.05) is 5.32 Å². The second-order valence-electron chi connectivity index (χ2n) is 12.0. The molecule has 0 aliphatic heterocycles. The molecule has 2 aliphatic rings. The number of allylic oxidation sites excluding steroid dienone is 3. The van der Waals surface area contributed by atoms with E-state index in [2.05, 4.69) is 46.0 Å². The minimum absolute atomic E-state index is 0. The summed E-state index contributed by atoms with van der Waals surface area (Å²) in [7, 11) is 0. The van der Waals surface area contributed by atoms with Crippen molar-refractivity contribution >= 4 is 23.1 Å². The zero-order valence-corrected chi connectivity index (χ0v) is 31.6. The number of halogens is 1. The second kappa shape index (κ2) is 18.6. The Morgan fingerprint density at radius 3 is 1.96 bits per heavy atom. The predicted molar refractivity (Wildman–Crippen MR) is 182 cm³/mol. The van der Waals surface area contributed by atoms with Gasteiger partial charge in [-0.05, 0) is 95.5 Å². The maximum Gasteiger partial charge on any atom is 1.00 e. The first-order chi connectivity index (χ1) is 20.4. The second-order valence-corrected chi connectivity index (χ2v) is 12.0. The molecule has 3 aromatic rings. The number of hydrogen-bond acceptors (Lipinski definition) is 3. The largest absolute Gasteiger partial charge is 1.00 e. The summed E-state index contributed by atoms with van der Waals surface area (Å²) in [4.78, 5) is 22.9. The fourth-order valence-electron chi connectivity index (χ4n) is 4.98. The number of anilines is 1. The number of hydrogen-bond donors (Lipinski definition) is 2. The third kappa shape index (κ3) is 12.3. The molecule has 0 aromatic heterocycles. The van der Waals surface area contributed by atoms with E-state index in [4.69, 9.17) is 5.73 Å². The molecule has 236 valence electrons. The fraction of sp³-hybridized carbons (Fsp3) is 0.333. The molecule has 5 rings (SSSR count). The van der Waals surface area contributed by atoms with Gasteiger partial charge in [-0.3, -0.25) is 9.59 Å². The number of ketones is 1. The van der Waals surface area contributed by atoms with Crippen LogP contribution in [0.15, 0.2) is 77.9 Å². The zero-order chi connectivity index (χ0) is 31.7. The number of primary amides is 1. The maximum atomic E-state index is 12.1. The van der Waals surface area contributed by atoms with Gasteiger partial charge in [0, 0.05) is 11.1 Å². The van der Waals surface area contributed by atoms with Crippen LogP contribution in [0, 0.1) is 51.4 Å². The number of nitrogens with one attached hydrogen (secondary N) is 1. The number of benzene rings is 3. The number of Topliss-reactive ketones (excluding diaryl/α,β-unsaturated/α-hetero) is 1. The number of rotatable bonds is 8. The third-order valence-electron chi connectivity index (χ3n) is 7.94. The van der Waals surface area contributed by atoms with Crippen LogP contribution in [-0.4, -0.2) is 11.7 Å². The molecule has 1 amide bonds. The predicted octanol–water partition coefficient (Wildman–Crippen LogP) is 6.43. The molecule has 3 N–H and O–H groups in total. The summed E-state index contributed by atoms with van der Waals surface area (Å²) in [5.74, 6) is 0.223. The quantitative estimate of drug-likeness (QED) is 0.170. The number of amides is 1. The summed E-state index contributed by atoms with van der Waals surface area (Å²) in [5.41, 5.74) is 14.9. The average molecular weight is 635 g/mol. The summed E-state index contributed by atoms with van der Waals surface area (Å²) in [5, 5.41) is 3.35. The maximum absolute atomic E-state index is 12.1. The number of nitrogens with two attached hydrogens (primary N) is 1. The van der Waals surface area contributed by atoms with Crippen LogP contribution < -0.4 is 62.4 Å². The standard InChI is InChI=1S/C21H24N2O.C10H14O.C7H7F.CH3.K/c1-5-20(23-18-9-6-15(4)7-10-18)16-8-11-19(21(22)24)17(13-16)12-14(2)3;1-7(9-3-4-9)10(5-6-10)8(2)11;1-6-2-4-7(8)5-3-6;;/h5-7,9-11,13-14,23H,1,12H2,2-4H3,(H2,22,24);3-6H2,1-2H3;2-5H,1H3;1H3;/q-2;;;-1;+1/b20-5+;;;;. The first-order valence-electron chi connectivity index (χ1n) is 15.0. The molecule has 0 unspecified atom stereocenters. The molecule has 0 heterocycles. The summed E-state index contributed by atoms with van der Waals surface area (Å²) in [6, 6.07) is 21.3. The molecule has 0 spiro atoms. The van der Waals surface area contributed by atoms with Crippen LogP contribution in [0.1, 0.15) is 86.0 Å². The van der Waals surface area contributed by atoms with Crippen LogP contribution in [0.4, 0.5) is 10.1 Å². The molecule has 45 heavy (non-hydrogen) atoms. The Morgan fingerprint density at radius 1 is 1.02 bits per heavy atom. The topological polar surface area (TPSA) is 72.2 Å². The number of aryl methyl sites for hydroxylation is 2. The Labute approximate surface area is 313 Å². The van der Waals surface area contributed by atoms with Crippen LogP contribution in [-0.2, 0) is 11.2 Å². The van der Waals surface area contributed by atoms with Gasteiger partial charge in [0.05, 0.1) is 0 Å². The monoisotopic (exact) mass is 634 g/mol. The molecule has 2 aliphatic carbocycles. The summed E-state index contributed by atoms with van der Waals surface area (Å²) in [6.07, 6.45) is 7.26. The van der Waals surface area contributed by atoms with E-state index in [9.17, 15) is 14.0 Å². The average Bonchev–Trinajstić information content (AvgIpc) is 3.88. The van der Waals surface area contributed by atoms with Crippen molar-refractivity contribution in [3.8, 4) is 0 Å². The van der Waals surface area contributed by atoms with Crippen molar-refractivity contribution < 1.29 is 65.4 Å². The molecule has 0 radical (unpaired) electrons. The molecular weight excluding hydrogens is 587 g/mol. The molecule has 3 aromatic carbocycles. The van der Waals surface area contributed by atoms with E-state index in [0.29, 0.717) is 17.3 Å². The molecule has 2 fully saturated rings. The van der Waals surface area contributed by atoms with Gasteiger partial charge in [0.1, 0.15) is 11.6 Å². The molecule has 2 saturated carbocycles. The molecule has 4 nitrogen and oxygen atoms in total. The van der Waals surface area contributed by atoms with Crippen molar-refractivity contribution in [1.29, 1.82) is 0 Å². The van der Waals surface area contributed by atoms with Crippen LogP contribution in [0.5, 0.6) is 0 Å². The zero-order valence-electron chi connectivity index (χ0n) is 28.4. The third-order valence-corrected chi connectivity index (χ3v) is 7.94. The van der Waals surface area contributed by atoms with Gasteiger partial charge in [0.25, 0.3) is 0 Å². The van der Waals surface area contributed by atoms with Gasteiger partial charge < -0.3 is 18.5 Å². The molecular formula is C39H48FKN2O2-2. The van der Waals surface area contributed by atoms with Crippen molar-refractivity contribution in [2.45, 2.75) is 73.6 Å². The Kier molecular flexibility index (Phi) is 16.8. The van der Waals surface area contributed by atoms with Gasteiger partial charge in [0.2, 0.25) is 5.91 Å². The van der Waals surface area contributed by atoms with Crippen LogP contribution in [0.25, 0.3) is 5.70 Å². The van der Waals surface area contributed by atoms with Gasteiger partial charge in [0.15, 0.2) is 0 Å². The molecule has 0 bridgehead atoms. The Bertz CT molecular complexity index is 1460. The first kappa shape index (κ1) is 40.5. The van der Waals surface area contributed by atoms with Gasteiger partial charge >= 0.3 is 51.4 Å². The van der Waals surface area contributed by atoms with Crippen LogP contribution in [0.3, 0.4) is 0 Å². The Hall–Kier alpha value is -2.48. The van der Waals surface area contributed by atoms with Gasteiger partial charge in [-0.1, -0.05) is 66.1 Å². The number of carbonyl (C=O) groups is 2.